The summed E-state index contributed by atoms with van der Waals surface area (Å²) in [6, 6.07) is 0. The van der Waals surface area contributed by atoms with Gasteiger partial charge in [-0.3, -0.25) is 0 Å². The Balaban J connectivity index is -0.000000180. The second-order valence-electron chi connectivity index (χ2n) is 2.95. The predicted molar refractivity (Wildman–Crippen MR) is 49.1 cm³/mol. The van der Waals surface area contributed by atoms with Gasteiger partial charge in [0.1, 0.15) is 0 Å². The van der Waals surface area contributed by atoms with Crippen molar-refractivity contribution in [3.8, 4) is 0 Å². The molecule has 0 saturated heterocycles. The maximum absolute atomic E-state index is 9.65. The molecule has 0 fully saturated rings. The van der Waals surface area contributed by atoms with E-state index < -0.39 is 11.9 Å². The van der Waals surface area contributed by atoms with E-state index in [2.05, 4.69) is 0 Å². The van der Waals surface area contributed by atoms with Crippen LogP contribution in [0.3, 0.4) is 0 Å². The van der Waals surface area contributed by atoms with Crippen molar-refractivity contribution in [1.82, 2.24) is 0 Å². The Bertz CT molecular complexity index is 142. The van der Waals surface area contributed by atoms with Crippen LogP contribution in [0.5, 0.6) is 0 Å². The monoisotopic (exact) mass is 376 g/mol. The van der Waals surface area contributed by atoms with E-state index in [-0.39, 0.29) is 59.8 Å². The van der Waals surface area contributed by atoms with Crippen molar-refractivity contribution in [1.29, 1.82) is 0 Å². The minimum absolute atomic E-state index is 0. The van der Waals surface area contributed by atoms with Crippen molar-refractivity contribution in [2.45, 2.75) is 52.4 Å². The predicted octanol–water partition coefficient (Wildman–Crippen LogP) is -0.147. The average Bonchev–Trinajstić information content (AvgIpc) is 2.12. The average molecular weight is 375 g/mol. The van der Waals surface area contributed by atoms with E-state index in [0.29, 0.717) is 0 Å². The first-order valence-electron chi connectivity index (χ1n) is 4.94. The first-order chi connectivity index (χ1) is 6.54. The molecule has 0 radical (unpaired) electrons. The Morgan fingerprint density at radius 3 is 1.20 bits per heavy atom. The topological polar surface area (TPSA) is 80.3 Å². The number of unbranched alkanes of at least 4 members (excludes halogenated alkanes) is 2. The maximum Gasteiger partial charge on any atom is 2.00 e. The number of carboxylic acids is 2. The molecule has 0 unspecified atom stereocenters. The fourth-order valence-corrected chi connectivity index (χ4v) is 0.642. The molecule has 0 aliphatic carbocycles. The van der Waals surface area contributed by atoms with Crippen LogP contribution in [0.15, 0.2) is 0 Å². The van der Waals surface area contributed by atoms with E-state index in [1.54, 1.807) is 0 Å². The molecular weight excluding hydrogens is 357 g/mol. The molecule has 0 spiro atoms. The summed E-state index contributed by atoms with van der Waals surface area (Å²) >= 11 is 0. The molecule has 0 aliphatic rings. The summed E-state index contributed by atoms with van der Waals surface area (Å²) in [6.45, 7) is 3.89. The molecule has 15 heavy (non-hydrogen) atoms. The van der Waals surface area contributed by atoms with Gasteiger partial charge in [0.05, 0.1) is 0 Å². The molecule has 0 saturated carbocycles. The number of rotatable bonds is 6. The number of carbonyl (C=O) groups is 2. The Labute approximate surface area is 130 Å². The van der Waals surface area contributed by atoms with Crippen molar-refractivity contribution in [3.05, 3.63) is 0 Å². The van der Waals surface area contributed by atoms with E-state index in [1.807, 2.05) is 13.8 Å². The quantitative estimate of drug-likeness (QED) is 0.647. The Kier molecular flexibility index (Phi) is 23.4. The van der Waals surface area contributed by atoms with Gasteiger partial charge in [0, 0.05) is 11.9 Å². The van der Waals surface area contributed by atoms with Crippen LogP contribution < -0.4 is 10.2 Å². The standard InChI is InChI=1S/2C5H10O2.Yb/c2*1-2-3-4-5(6)7;/h2*2-4H2,1H3,(H,6,7);/q;;+2/p-2. The van der Waals surface area contributed by atoms with Crippen molar-refractivity contribution >= 4 is 11.9 Å². The van der Waals surface area contributed by atoms with Crippen LogP contribution in [-0.4, -0.2) is 11.9 Å². The van der Waals surface area contributed by atoms with E-state index in [1.165, 1.54) is 0 Å². The van der Waals surface area contributed by atoms with Crippen LogP contribution in [0.1, 0.15) is 52.4 Å². The summed E-state index contributed by atoms with van der Waals surface area (Å²) in [5.74, 6) is -1.89. The van der Waals surface area contributed by atoms with Crippen LogP contribution in [0.25, 0.3) is 0 Å². The third kappa shape index (κ3) is 31.4. The third-order valence-corrected chi connectivity index (χ3v) is 1.47. The molecule has 0 aromatic rings. The Morgan fingerprint density at radius 1 is 0.867 bits per heavy atom. The van der Waals surface area contributed by atoms with Gasteiger partial charge in [0.15, 0.2) is 0 Å². The molecule has 0 N–H and O–H groups in total. The summed E-state index contributed by atoms with van der Waals surface area (Å²) in [7, 11) is 0. The number of aliphatic carboxylic acids is 2. The van der Waals surface area contributed by atoms with E-state index in [0.717, 1.165) is 25.7 Å². The van der Waals surface area contributed by atoms with Gasteiger partial charge in [0.2, 0.25) is 0 Å². The first kappa shape index (κ1) is 20.8. The molecule has 0 aliphatic heterocycles. The fourth-order valence-electron chi connectivity index (χ4n) is 0.642. The molecule has 0 aromatic heterocycles. The smallest absolute Gasteiger partial charge is 0.550 e. The van der Waals surface area contributed by atoms with Gasteiger partial charge in [-0.05, 0) is 25.7 Å². The van der Waals surface area contributed by atoms with Gasteiger partial charge < -0.3 is 19.8 Å². The molecule has 4 nitrogen and oxygen atoms in total. The largest absolute Gasteiger partial charge is 2.00 e. The summed E-state index contributed by atoms with van der Waals surface area (Å²) in [6.07, 6.45) is 3.74. The van der Waals surface area contributed by atoms with Gasteiger partial charge in [-0.25, -0.2) is 0 Å². The van der Waals surface area contributed by atoms with Gasteiger partial charge in [0.25, 0.3) is 0 Å². The van der Waals surface area contributed by atoms with Crippen LogP contribution in [0, 0.1) is 46.9 Å². The van der Waals surface area contributed by atoms with Crippen molar-refractivity contribution in [3.63, 3.8) is 0 Å². The second kappa shape index (κ2) is 16.9. The third-order valence-electron chi connectivity index (χ3n) is 1.47. The van der Waals surface area contributed by atoms with E-state index in [9.17, 15) is 19.8 Å². The molecular formula is C10H18O4Yb. The number of carboxylic acid groups (broad SMARTS) is 2. The van der Waals surface area contributed by atoms with Crippen molar-refractivity contribution in [2.75, 3.05) is 0 Å². The minimum atomic E-state index is -0.943. The normalized spacial score (nSPS) is 8.13. The van der Waals surface area contributed by atoms with Gasteiger partial charge in [-0.1, -0.05) is 26.7 Å². The molecule has 96 valence electrons. The summed E-state index contributed by atoms with van der Waals surface area (Å²) < 4.78 is 0. The summed E-state index contributed by atoms with van der Waals surface area (Å²) in [4.78, 5) is 19.3. The van der Waals surface area contributed by atoms with Crippen LogP contribution in [0.4, 0.5) is 0 Å². The van der Waals surface area contributed by atoms with Crippen LogP contribution in [-0.2, 0) is 9.59 Å². The Morgan fingerprint density at radius 2 is 1.13 bits per heavy atom. The number of hydrogen-bond donors (Lipinski definition) is 0. The molecule has 0 bridgehead atoms. The fraction of sp³-hybridized carbons (Fsp3) is 0.800. The van der Waals surface area contributed by atoms with Gasteiger partial charge in [-0.2, -0.15) is 0 Å². The van der Waals surface area contributed by atoms with E-state index in [4.69, 9.17) is 0 Å². The SMILES string of the molecule is CCCCC(=O)[O-].CCCCC(=O)[O-].[Yb+2]. The molecule has 5 heteroatoms. The number of hydrogen-bond acceptors (Lipinski definition) is 4. The zero-order valence-electron chi connectivity index (χ0n) is 9.14. The van der Waals surface area contributed by atoms with Crippen LogP contribution >= 0.6 is 0 Å². The summed E-state index contributed by atoms with van der Waals surface area (Å²) in [5.41, 5.74) is 0. The van der Waals surface area contributed by atoms with E-state index >= 15 is 0 Å². The first-order valence-corrected chi connectivity index (χ1v) is 4.94. The van der Waals surface area contributed by atoms with Crippen molar-refractivity contribution in [2.24, 2.45) is 0 Å². The summed E-state index contributed by atoms with van der Waals surface area (Å²) in [5, 5.41) is 19.3. The number of carbonyl (C=O) groups excluding carboxylic acids is 2. The minimum Gasteiger partial charge on any atom is -0.550 e. The second-order valence-corrected chi connectivity index (χ2v) is 2.95. The molecule has 0 atom stereocenters. The van der Waals surface area contributed by atoms with Gasteiger partial charge in [-0.15, -0.1) is 0 Å². The molecule has 0 heterocycles. The maximum atomic E-state index is 9.65. The zero-order chi connectivity index (χ0) is 11.4. The molecule has 0 amide bonds. The van der Waals surface area contributed by atoms with Crippen molar-refractivity contribution < 1.29 is 66.7 Å². The molecule has 0 aromatic carbocycles. The Hall–Kier alpha value is 0.459. The zero-order valence-corrected chi connectivity index (χ0v) is 10.9. The van der Waals surface area contributed by atoms with Gasteiger partial charge >= 0.3 is 46.9 Å². The van der Waals surface area contributed by atoms with Crippen LogP contribution in [0.2, 0.25) is 0 Å². The molecule has 0 rings (SSSR count).